The maximum absolute atomic E-state index is 4.41. The molecule has 0 N–H and O–H groups in total. The van der Waals surface area contributed by atoms with Crippen LogP contribution in [0.4, 0.5) is 0 Å². The molecule has 2 aliphatic rings. The molecule has 130 valence electrons. The molecule has 0 heterocycles. The van der Waals surface area contributed by atoms with Gasteiger partial charge in [-0.05, 0) is 56.9 Å². The lowest BCUT2D eigenvalue weighted by Crippen LogP contribution is -2.23. The smallest absolute Gasteiger partial charge is 0.0484 e. The van der Waals surface area contributed by atoms with Gasteiger partial charge in [-0.3, -0.25) is 0 Å². The van der Waals surface area contributed by atoms with E-state index >= 15 is 0 Å². The summed E-state index contributed by atoms with van der Waals surface area (Å²) in [5.41, 5.74) is 8.46. The van der Waals surface area contributed by atoms with E-state index in [0.717, 1.165) is 24.1 Å². The van der Waals surface area contributed by atoms with Gasteiger partial charge in [0.2, 0.25) is 0 Å². The zero-order valence-corrected chi connectivity index (χ0v) is 16.0. The highest BCUT2D eigenvalue weighted by Gasteiger charge is 2.21. The van der Waals surface area contributed by atoms with Crippen molar-refractivity contribution in [3.8, 4) is 0 Å². The second kappa shape index (κ2) is 8.53. The molecule has 0 bridgehead atoms. The van der Waals surface area contributed by atoms with E-state index in [-0.39, 0.29) is 0 Å². The Morgan fingerprint density at radius 2 is 1.80 bits per heavy atom. The van der Waals surface area contributed by atoms with Crippen LogP contribution in [0.5, 0.6) is 0 Å². The maximum atomic E-state index is 4.41. The molecular weight excluding hydrogens is 302 g/mol. The summed E-state index contributed by atoms with van der Waals surface area (Å²) in [6.45, 7) is 16.9. The van der Waals surface area contributed by atoms with Gasteiger partial charge in [0.25, 0.3) is 0 Å². The Hall–Kier alpha value is -2.54. The van der Waals surface area contributed by atoms with E-state index in [1.54, 1.807) is 0 Å². The van der Waals surface area contributed by atoms with Crippen molar-refractivity contribution < 1.29 is 0 Å². The molecule has 0 saturated heterocycles. The number of hydrogen-bond donors (Lipinski definition) is 0. The third-order valence-electron chi connectivity index (χ3n) is 4.55. The first-order valence-corrected chi connectivity index (χ1v) is 8.82. The molecule has 25 heavy (non-hydrogen) atoms. The van der Waals surface area contributed by atoms with Crippen molar-refractivity contribution in [3.05, 3.63) is 107 Å². The van der Waals surface area contributed by atoms with Gasteiger partial charge in [0, 0.05) is 23.5 Å². The molecule has 2 rings (SSSR count). The minimum absolute atomic E-state index is 0.881. The fourth-order valence-corrected chi connectivity index (χ4v) is 3.13. The maximum Gasteiger partial charge on any atom is 0.0484 e. The van der Waals surface area contributed by atoms with Crippen molar-refractivity contribution in [2.45, 2.75) is 40.5 Å². The summed E-state index contributed by atoms with van der Waals surface area (Å²) in [7, 11) is 0. The molecular formula is C24H29N. The molecule has 0 unspecified atom stereocenters. The molecule has 0 atom stereocenters. The Balaban J connectivity index is 2.65. The van der Waals surface area contributed by atoms with Gasteiger partial charge in [-0.25, -0.2) is 0 Å². The summed E-state index contributed by atoms with van der Waals surface area (Å²) >= 11 is 0. The largest absolute Gasteiger partial charge is 0.314 e. The van der Waals surface area contributed by atoms with Crippen molar-refractivity contribution in [2.75, 3.05) is 0 Å². The summed E-state index contributed by atoms with van der Waals surface area (Å²) in [6.07, 6.45) is 21.0. The molecule has 2 aliphatic carbocycles. The van der Waals surface area contributed by atoms with Crippen molar-refractivity contribution in [1.82, 2.24) is 4.90 Å². The van der Waals surface area contributed by atoms with Gasteiger partial charge in [0.15, 0.2) is 0 Å². The first-order chi connectivity index (χ1) is 12.0. The number of hydrogen-bond acceptors (Lipinski definition) is 1. The molecule has 0 amide bonds. The lowest BCUT2D eigenvalue weighted by atomic mass is 10.0. The lowest BCUT2D eigenvalue weighted by molar-refractivity contribution is 0.531. The molecule has 0 spiro atoms. The summed E-state index contributed by atoms with van der Waals surface area (Å²) in [4.78, 5) is 2.31. The second-order valence-electron chi connectivity index (χ2n) is 6.65. The van der Waals surface area contributed by atoms with Gasteiger partial charge in [-0.15, -0.1) is 0 Å². The monoisotopic (exact) mass is 331 g/mol. The topological polar surface area (TPSA) is 3.24 Å². The van der Waals surface area contributed by atoms with Gasteiger partial charge < -0.3 is 4.90 Å². The van der Waals surface area contributed by atoms with E-state index in [1.165, 1.54) is 28.1 Å². The van der Waals surface area contributed by atoms with E-state index in [0.29, 0.717) is 0 Å². The molecule has 0 saturated carbocycles. The van der Waals surface area contributed by atoms with E-state index < -0.39 is 0 Å². The molecule has 1 nitrogen and oxygen atoms in total. The molecule has 0 fully saturated rings. The summed E-state index contributed by atoms with van der Waals surface area (Å²) in [6, 6.07) is 0. The van der Waals surface area contributed by atoms with Crippen molar-refractivity contribution in [2.24, 2.45) is 0 Å². The van der Waals surface area contributed by atoms with Crippen LogP contribution < -0.4 is 0 Å². The van der Waals surface area contributed by atoms with Gasteiger partial charge in [0.05, 0.1) is 0 Å². The zero-order valence-electron chi connectivity index (χ0n) is 16.0. The van der Waals surface area contributed by atoms with Crippen molar-refractivity contribution in [1.29, 1.82) is 0 Å². The average molecular weight is 332 g/mol. The van der Waals surface area contributed by atoms with Gasteiger partial charge >= 0.3 is 0 Å². The predicted octanol–water partition coefficient (Wildman–Crippen LogP) is 6.90. The number of allylic oxidation sites excluding steroid dienone is 13. The second-order valence-corrected chi connectivity index (χ2v) is 6.65. The normalized spacial score (nSPS) is 18.1. The first kappa shape index (κ1) is 18.8. The third kappa shape index (κ3) is 4.51. The minimum atomic E-state index is 0.881. The van der Waals surface area contributed by atoms with E-state index in [9.17, 15) is 0 Å². The highest BCUT2D eigenvalue weighted by molar-refractivity contribution is 5.47. The zero-order chi connectivity index (χ0) is 18.4. The average Bonchev–Trinajstić information content (AvgIpc) is 2.87. The van der Waals surface area contributed by atoms with E-state index in [4.69, 9.17) is 0 Å². The van der Waals surface area contributed by atoms with Crippen LogP contribution in [0.3, 0.4) is 0 Å². The van der Waals surface area contributed by atoms with Crippen LogP contribution in [-0.4, -0.2) is 4.90 Å². The standard InChI is InChI=1S/C24H29N/c1-7-12-19(3)22(6)25(23-15-10-8-9-14-20(23)4)24-16-11-13-18(2)17-21(24)5/h7-12,14,16-17H,1,6,13,15H2,2-5H3/b19-12+. The Morgan fingerprint density at radius 1 is 1.04 bits per heavy atom. The highest BCUT2D eigenvalue weighted by atomic mass is 15.2. The van der Waals surface area contributed by atoms with Crippen LogP contribution in [0.1, 0.15) is 40.5 Å². The SMILES string of the molecule is C=C/C=C(\C)C(=C)N(C1=C(C)C=C(C)CC=C1)C1=C(C)C=CC=CC1. The highest BCUT2D eigenvalue weighted by Crippen LogP contribution is 2.33. The van der Waals surface area contributed by atoms with Crippen LogP contribution in [0.2, 0.25) is 0 Å². The molecule has 0 radical (unpaired) electrons. The predicted molar refractivity (Wildman–Crippen MR) is 111 cm³/mol. The lowest BCUT2D eigenvalue weighted by Gasteiger charge is -2.32. The van der Waals surface area contributed by atoms with Crippen LogP contribution in [0.15, 0.2) is 107 Å². The Morgan fingerprint density at radius 3 is 2.52 bits per heavy atom. The first-order valence-electron chi connectivity index (χ1n) is 8.82. The summed E-state index contributed by atoms with van der Waals surface area (Å²) < 4.78 is 0. The Kier molecular flexibility index (Phi) is 6.41. The van der Waals surface area contributed by atoms with Gasteiger partial charge in [-0.1, -0.05) is 67.3 Å². The number of rotatable bonds is 5. The molecule has 0 aromatic heterocycles. The van der Waals surface area contributed by atoms with Gasteiger partial charge in [0.1, 0.15) is 0 Å². The molecule has 0 aromatic carbocycles. The van der Waals surface area contributed by atoms with Crippen LogP contribution in [0, 0.1) is 0 Å². The quantitative estimate of drug-likeness (QED) is 0.495. The van der Waals surface area contributed by atoms with Crippen LogP contribution >= 0.6 is 0 Å². The molecule has 0 aliphatic heterocycles. The third-order valence-corrected chi connectivity index (χ3v) is 4.55. The van der Waals surface area contributed by atoms with Crippen LogP contribution in [-0.2, 0) is 0 Å². The molecule has 0 aromatic rings. The fourth-order valence-electron chi connectivity index (χ4n) is 3.13. The van der Waals surface area contributed by atoms with Crippen molar-refractivity contribution >= 4 is 0 Å². The Bertz CT molecular complexity index is 773. The summed E-state index contributed by atoms with van der Waals surface area (Å²) in [5.74, 6) is 0. The minimum Gasteiger partial charge on any atom is -0.314 e. The van der Waals surface area contributed by atoms with E-state index in [1.807, 2.05) is 12.2 Å². The van der Waals surface area contributed by atoms with Crippen molar-refractivity contribution in [3.63, 3.8) is 0 Å². The fraction of sp³-hybridized carbons (Fsp3) is 0.250. The summed E-state index contributed by atoms with van der Waals surface area (Å²) in [5, 5.41) is 0. The number of nitrogens with zero attached hydrogens (tertiary/aromatic N) is 1. The van der Waals surface area contributed by atoms with Gasteiger partial charge in [-0.2, -0.15) is 0 Å². The van der Waals surface area contributed by atoms with E-state index in [2.05, 4.69) is 88.3 Å². The van der Waals surface area contributed by atoms with Crippen LogP contribution in [0.25, 0.3) is 0 Å². The molecule has 1 heteroatoms. The Labute approximate surface area is 153 Å².